The van der Waals surface area contributed by atoms with E-state index in [4.69, 9.17) is 0 Å². The molecular formula is C11H19NO2. The van der Waals surface area contributed by atoms with Crippen molar-refractivity contribution in [3.63, 3.8) is 0 Å². The lowest BCUT2D eigenvalue weighted by Crippen LogP contribution is -2.59. The monoisotopic (exact) mass is 197 g/mol. The Hall–Kier alpha value is -0.570. The summed E-state index contributed by atoms with van der Waals surface area (Å²) in [7, 11) is 0. The van der Waals surface area contributed by atoms with Crippen LogP contribution in [0.2, 0.25) is 0 Å². The molecular weight excluding hydrogens is 178 g/mol. The van der Waals surface area contributed by atoms with Crippen LogP contribution in [0, 0.1) is 5.41 Å². The zero-order valence-electron chi connectivity index (χ0n) is 8.83. The number of aliphatic hydroxyl groups excluding tert-OH is 1. The fourth-order valence-corrected chi connectivity index (χ4v) is 2.69. The number of aliphatic hydroxyl groups is 1. The molecule has 3 heteroatoms. The molecule has 1 saturated carbocycles. The molecule has 2 fully saturated rings. The maximum absolute atomic E-state index is 11.4. The van der Waals surface area contributed by atoms with Crippen molar-refractivity contribution in [1.29, 1.82) is 0 Å². The summed E-state index contributed by atoms with van der Waals surface area (Å²) in [5, 5.41) is 9.40. The standard InChI is InChI=1S/C11H19NO2/c1-2-10(14)12-7-11(8-12)5-3-9(13)4-6-11/h9,13H,2-8H2,1H3. The minimum absolute atomic E-state index is 0.0865. The SMILES string of the molecule is CCC(=O)N1CC2(CCC(O)CC2)C1. The third-order valence-corrected chi connectivity index (χ3v) is 3.72. The molecule has 14 heavy (non-hydrogen) atoms. The van der Waals surface area contributed by atoms with Crippen molar-refractivity contribution in [3.8, 4) is 0 Å². The summed E-state index contributed by atoms with van der Waals surface area (Å²) in [6.07, 6.45) is 4.58. The number of likely N-dealkylation sites (tertiary alicyclic amines) is 1. The Bertz CT molecular complexity index is 223. The van der Waals surface area contributed by atoms with Crippen LogP contribution in [0.5, 0.6) is 0 Å². The summed E-state index contributed by atoms with van der Waals surface area (Å²) in [5.41, 5.74) is 0.379. The van der Waals surface area contributed by atoms with Crippen molar-refractivity contribution < 1.29 is 9.90 Å². The van der Waals surface area contributed by atoms with Crippen LogP contribution in [0.4, 0.5) is 0 Å². The first-order valence-electron chi connectivity index (χ1n) is 5.61. The quantitative estimate of drug-likeness (QED) is 0.685. The molecule has 0 aromatic heterocycles. The van der Waals surface area contributed by atoms with Gasteiger partial charge in [0.15, 0.2) is 0 Å². The zero-order valence-corrected chi connectivity index (χ0v) is 8.83. The Morgan fingerprint density at radius 3 is 2.50 bits per heavy atom. The number of amides is 1. The molecule has 1 saturated heterocycles. The Morgan fingerprint density at radius 2 is 2.00 bits per heavy atom. The van der Waals surface area contributed by atoms with Gasteiger partial charge in [0.25, 0.3) is 0 Å². The molecule has 0 bridgehead atoms. The minimum atomic E-state index is -0.0865. The normalized spacial score (nSPS) is 26.3. The summed E-state index contributed by atoms with van der Waals surface area (Å²) in [4.78, 5) is 13.3. The molecule has 1 spiro atoms. The molecule has 1 aliphatic carbocycles. The number of nitrogens with zero attached hydrogens (tertiary/aromatic N) is 1. The van der Waals surface area contributed by atoms with Crippen LogP contribution >= 0.6 is 0 Å². The molecule has 0 radical (unpaired) electrons. The van der Waals surface area contributed by atoms with Crippen molar-refractivity contribution in [2.75, 3.05) is 13.1 Å². The van der Waals surface area contributed by atoms with E-state index in [2.05, 4.69) is 0 Å². The molecule has 1 N–H and O–H groups in total. The molecule has 0 aromatic rings. The lowest BCUT2D eigenvalue weighted by atomic mass is 9.68. The van der Waals surface area contributed by atoms with Crippen LogP contribution in [-0.4, -0.2) is 35.1 Å². The van der Waals surface area contributed by atoms with Crippen LogP contribution in [0.3, 0.4) is 0 Å². The van der Waals surface area contributed by atoms with Crippen molar-refractivity contribution in [1.82, 2.24) is 4.90 Å². The van der Waals surface area contributed by atoms with Gasteiger partial charge in [0.2, 0.25) is 5.91 Å². The number of carbonyl (C=O) groups excluding carboxylic acids is 1. The van der Waals surface area contributed by atoms with Crippen molar-refractivity contribution in [2.24, 2.45) is 5.41 Å². The fraction of sp³-hybridized carbons (Fsp3) is 0.909. The maximum Gasteiger partial charge on any atom is 0.222 e. The highest BCUT2D eigenvalue weighted by molar-refractivity contribution is 5.76. The second kappa shape index (κ2) is 3.54. The van der Waals surface area contributed by atoms with E-state index in [-0.39, 0.29) is 12.0 Å². The van der Waals surface area contributed by atoms with E-state index in [0.29, 0.717) is 11.8 Å². The van der Waals surface area contributed by atoms with Gasteiger partial charge in [-0.1, -0.05) is 6.92 Å². The lowest BCUT2D eigenvalue weighted by Gasteiger charge is -2.53. The minimum Gasteiger partial charge on any atom is -0.393 e. The largest absolute Gasteiger partial charge is 0.393 e. The summed E-state index contributed by atoms with van der Waals surface area (Å²) in [5.74, 6) is 0.279. The molecule has 80 valence electrons. The van der Waals surface area contributed by atoms with E-state index in [1.54, 1.807) is 0 Å². The molecule has 2 aliphatic rings. The Morgan fingerprint density at radius 1 is 1.43 bits per heavy atom. The van der Waals surface area contributed by atoms with Gasteiger partial charge in [-0.3, -0.25) is 4.79 Å². The van der Waals surface area contributed by atoms with E-state index in [0.717, 1.165) is 38.8 Å². The third-order valence-electron chi connectivity index (χ3n) is 3.72. The van der Waals surface area contributed by atoms with Gasteiger partial charge < -0.3 is 10.0 Å². The number of carbonyl (C=O) groups is 1. The summed E-state index contributed by atoms with van der Waals surface area (Å²) in [6.45, 7) is 3.79. The average molecular weight is 197 g/mol. The van der Waals surface area contributed by atoms with E-state index in [1.807, 2.05) is 11.8 Å². The smallest absolute Gasteiger partial charge is 0.222 e. The fourth-order valence-electron chi connectivity index (χ4n) is 2.69. The van der Waals surface area contributed by atoms with Crippen molar-refractivity contribution >= 4 is 5.91 Å². The number of rotatable bonds is 1. The number of hydrogen-bond donors (Lipinski definition) is 1. The van der Waals surface area contributed by atoms with E-state index < -0.39 is 0 Å². The Balaban J connectivity index is 1.83. The van der Waals surface area contributed by atoms with E-state index in [1.165, 1.54) is 0 Å². The summed E-state index contributed by atoms with van der Waals surface area (Å²) in [6, 6.07) is 0. The first-order valence-corrected chi connectivity index (χ1v) is 5.61. The van der Waals surface area contributed by atoms with Crippen LogP contribution in [0.15, 0.2) is 0 Å². The molecule has 0 atom stereocenters. The predicted molar refractivity (Wildman–Crippen MR) is 53.8 cm³/mol. The first-order chi connectivity index (χ1) is 6.65. The van der Waals surface area contributed by atoms with Gasteiger partial charge in [-0.15, -0.1) is 0 Å². The first kappa shape index (κ1) is 9.97. The number of hydrogen-bond acceptors (Lipinski definition) is 2. The Kier molecular flexibility index (Phi) is 2.52. The van der Waals surface area contributed by atoms with Gasteiger partial charge >= 0.3 is 0 Å². The van der Waals surface area contributed by atoms with Crippen molar-refractivity contribution in [2.45, 2.75) is 45.1 Å². The van der Waals surface area contributed by atoms with Crippen molar-refractivity contribution in [3.05, 3.63) is 0 Å². The molecule has 0 unspecified atom stereocenters. The van der Waals surface area contributed by atoms with E-state index >= 15 is 0 Å². The summed E-state index contributed by atoms with van der Waals surface area (Å²) >= 11 is 0. The lowest BCUT2D eigenvalue weighted by molar-refractivity contribution is -0.146. The van der Waals surface area contributed by atoms with Gasteiger partial charge in [-0.05, 0) is 25.7 Å². The van der Waals surface area contributed by atoms with Crippen LogP contribution < -0.4 is 0 Å². The van der Waals surface area contributed by atoms with E-state index in [9.17, 15) is 9.90 Å². The molecule has 0 aromatic carbocycles. The molecule has 1 heterocycles. The van der Waals surface area contributed by atoms with Gasteiger partial charge in [0.05, 0.1) is 6.10 Å². The topological polar surface area (TPSA) is 40.5 Å². The van der Waals surface area contributed by atoms with Gasteiger partial charge in [0, 0.05) is 24.9 Å². The van der Waals surface area contributed by atoms with Gasteiger partial charge in [-0.25, -0.2) is 0 Å². The molecule has 1 amide bonds. The molecule has 1 aliphatic heterocycles. The second-order valence-corrected chi connectivity index (χ2v) is 4.83. The highest BCUT2D eigenvalue weighted by Crippen LogP contribution is 2.43. The molecule has 3 nitrogen and oxygen atoms in total. The summed E-state index contributed by atoms with van der Waals surface area (Å²) < 4.78 is 0. The average Bonchev–Trinajstić information content (AvgIpc) is 2.15. The molecule has 2 rings (SSSR count). The third kappa shape index (κ3) is 1.65. The zero-order chi connectivity index (χ0) is 10.2. The van der Waals surface area contributed by atoms with Crippen LogP contribution in [0.25, 0.3) is 0 Å². The van der Waals surface area contributed by atoms with Gasteiger partial charge in [-0.2, -0.15) is 0 Å². The van der Waals surface area contributed by atoms with Crippen LogP contribution in [0.1, 0.15) is 39.0 Å². The predicted octanol–water partition coefficient (Wildman–Crippen LogP) is 1.16. The second-order valence-electron chi connectivity index (χ2n) is 4.83. The highest BCUT2D eigenvalue weighted by Gasteiger charge is 2.46. The van der Waals surface area contributed by atoms with Gasteiger partial charge in [0.1, 0.15) is 0 Å². The van der Waals surface area contributed by atoms with Crippen LogP contribution in [-0.2, 0) is 4.79 Å². The Labute approximate surface area is 85.1 Å². The highest BCUT2D eigenvalue weighted by atomic mass is 16.3. The maximum atomic E-state index is 11.4.